The van der Waals surface area contributed by atoms with E-state index in [0.717, 1.165) is 44.7 Å². The van der Waals surface area contributed by atoms with Crippen molar-refractivity contribution in [1.82, 2.24) is 14.6 Å². The Balaban J connectivity index is 1.18. The maximum Gasteiger partial charge on any atom is 0.335 e. The highest BCUT2D eigenvalue weighted by atomic mass is 16.4. The summed E-state index contributed by atoms with van der Waals surface area (Å²) in [5.41, 5.74) is 10.4. The standard InChI is InChI=1S/C35H28N4O3/c1-24-14-19-32(26-9-3-2-4-10-26)39(24)30-17-15-27(16-18-30)34(40)37-36-21-29-23-38(33-13-6-5-12-31(29)33)22-25-8-7-11-28(20-25)35(41)42/h2-21,23H,22H2,1H3,(H,37,40)(H,41,42)/b36-21+. The van der Waals surface area contributed by atoms with Gasteiger partial charge in [0.15, 0.2) is 0 Å². The molecule has 0 atom stereocenters. The molecule has 0 saturated carbocycles. The van der Waals surface area contributed by atoms with Crippen molar-refractivity contribution < 1.29 is 14.7 Å². The summed E-state index contributed by atoms with van der Waals surface area (Å²) in [5, 5.41) is 14.6. The molecular formula is C35H28N4O3. The summed E-state index contributed by atoms with van der Waals surface area (Å²) in [6.07, 6.45) is 3.58. The Hall–Kier alpha value is -5.69. The Morgan fingerprint density at radius 2 is 1.60 bits per heavy atom. The molecule has 7 nitrogen and oxygen atoms in total. The molecule has 6 aromatic rings. The van der Waals surface area contributed by atoms with Crippen LogP contribution in [0.1, 0.15) is 37.5 Å². The van der Waals surface area contributed by atoms with Crippen molar-refractivity contribution in [2.24, 2.45) is 5.10 Å². The number of hydrogen-bond acceptors (Lipinski definition) is 3. The Bertz CT molecular complexity index is 1930. The second-order valence-corrected chi connectivity index (χ2v) is 10.0. The van der Waals surface area contributed by atoms with Crippen LogP contribution in [0.15, 0.2) is 127 Å². The number of aromatic carboxylic acids is 1. The molecule has 0 saturated heterocycles. The molecule has 0 aliphatic heterocycles. The highest BCUT2D eigenvalue weighted by molar-refractivity contribution is 6.00. The average molecular weight is 553 g/mol. The maximum absolute atomic E-state index is 12.9. The van der Waals surface area contributed by atoms with Crippen LogP contribution in [0.25, 0.3) is 27.8 Å². The molecule has 0 bridgehead atoms. The first-order valence-electron chi connectivity index (χ1n) is 13.6. The molecule has 0 aliphatic carbocycles. The van der Waals surface area contributed by atoms with Crippen LogP contribution in [0, 0.1) is 6.92 Å². The van der Waals surface area contributed by atoms with Gasteiger partial charge in [-0.05, 0) is 72.6 Å². The van der Waals surface area contributed by atoms with Crippen LogP contribution in [0.3, 0.4) is 0 Å². The van der Waals surface area contributed by atoms with E-state index >= 15 is 0 Å². The summed E-state index contributed by atoms with van der Waals surface area (Å²) in [5.74, 6) is -1.26. The zero-order valence-electron chi connectivity index (χ0n) is 22.9. The molecule has 6 rings (SSSR count). The highest BCUT2D eigenvalue weighted by Gasteiger charge is 2.12. The number of carbonyl (C=O) groups excluding carboxylic acids is 1. The number of carboxylic acid groups (broad SMARTS) is 1. The van der Waals surface area contributed by atoms with Crippen LogP contribution in [0.2, 0.25) is 0 Å². The van der Waals surface area contributed by atoms with Crippen molar-refractivity contribution in [3.8, 4) is 16.9 Å². The van der Waals surface area contributed by atoms with E-state index < -0.39 is 5.97 Å². The van der Waals surface area contributed by atoms with Gasteiger partial charge in [0.05, 0.1) is 17.5 Å². The molecule has 0 radical (unpaired) electrons. The molecule has 2 N–H and O–H groups in total. The van der Waals surface area contributed by atoms with Gasteiger partial charge in [-0.1, -0.05) is 60.7 Å². The molecule has 2 heterocycles. The third-order valence-corrected chi connectivity index (χ3v) is 7.25. The minimum atomic E-state index is -0.954. The van der Waals surface area contributed by atoms with Crippen LogP contribution in [0.4, 0.5) is 0 Å². The molecule has 7 heteroatoms. The lowest BCUT2D eigenvalue weighted by Gasteiger charge is -2.12. The molecule has 206 valence electrons. The van der Waals surface area contributed by atoms with Crippen LogP contribution in [-0.2, 0) is 6.54 Å². The zero-order chi connectivity index (χ0) is 29.1. The number of amides is 1. The molecule has 0 aliphatic rings. The van der Waals surface area contributed by atoms with Gasteiger partial charge in [0, 0.05) is 46.2 Å². The van der Waals surface area contributed by atoms with E-state index in [0.29, 0.717) is 12.1 Å². The summed E-state index contributed by atoms with van der Waals surface area (Å²) in [6.45, 7) is 2.56. The highest BCUT2D eigenvalue weighted by Crippen LogP contribution is 2.26. The number of carbonyl (C=O) groups is 2. The second-order valence-electron chi connectivity index (χ2n) is 10.0. The van der Waals surface area contributed by atoms with Gasteiger partial charge in [-0.3, -0.25) is 4.79 Å². The number of aromatic nitrogens is 2. The fraction of sp³-hybridized carbons (Fsp3) is 0.0571. The Morgan fingerprint density at radius 1 is 0.833 bits per heavy atom. The number of carboxylic acids is 1. The van der Waals surface area contributed by atoms with Gasteiger partial charge < -0.3 is 14.2 Å². The first kappa shape index (κ1) is 26.5. The smallest absolute Gasteiger partial charge is 0.335 e. The predicted octanol–water partition coefficient (Wildman–Crippen LogP) is 6.92. The molecular weight excluding hydrogens is 524 g/mol. The van der Waals surface area contributed by atoms with E-state index in [2.05, 4.69) is 46.3 Å². The molecule has 42 heavy (non-hydrogen) atoms. The molecule has 1 amide bonds. The third kappa shape index (κ3) is 5.36. The number of para-hydroxylation sites is 1. The van der Waals surface area contributed by atoms with E-state index in [4.69, 9.17) is 0 Å². The topological polar surface area (TPSA) is 88.6 Å². The number of aryl methyl sites for hydroxylation is 1. The number of hydrazone groups is 1. The van der Waals surface area contributed by atoms with Crippen LogP contribution < -0.4 is 5.43 Å². The van der Waals surface area contributed by atoms with Crippen molar-refractivity contribution in [3.05, 3.63) is 149 Å². The van der Waals surface area contributed by atoms with Crippen molar-refractivity contribution in [2.75, 3.05) is 0 Å². The van der Waals surface area contributed by atoms with Gasteiger partial charge in [0.2, 0.25) is 0 Å². The zero-order valence-corrected chi connectivity index (χ0v) is 22.9. The van der Waals surface area contributed by atoms with Gasteiger partial charge in [-0.15, -0.1) is 0 Å². The Morgan fingerprint density at radius 3 is 2.38 bits per heavy atom. The molecule has 0 unspecified atom stereocenters. The molecule has 4 aromatic carbocycles. The van der Waals surface area contributed by atoms with Crippen LogP contribution in [0.5, 0.6) is 0 Å². The number of rotatable bonds is 8. The van der Waals surface area contributed by atoms with Gasteiger partial charge in [-0.25, -0.2) is 10.2 Å². The minimum Gasteiger partial charge on any atom is -0.478 e. The summed E-state index contributed by atoms with van der Waals surface area (Å²) in [4.78, 5) is 24.3. The van der Waals surface area contributed by atoms with E-state index in [1.165, 1.54) is 0 Å². The first-order valence-corrected chi connectivity index (χ1v) is 13.6. The lowest BCUT2D eigenvalue weighted by molar-refractivity contribution is 0.0696. The normalized spacial score (nSPS) is 11.3. The van der Waals surface area contributed by atoms with Crippen molar-refractivity contribution >= 4 is 29.0 Å². The first-order chi connectivity index (χ1) is 20.5. The largest absolute Gasteiger partial charge is 0.478 e. The molecule has 2 aromatic heterocycles. The van der Waals surface area contributed by atoms with Gasteiger partial charge in [0.1, 0.15) is 0 Å². The predicted molar refractivity (Wildman–Crippen MR) is 165 cm³/mol. The lowest BCUT2D eigenvalue weighted by Crippen LogP contribution is -2.17. The SMILES string of the molecule is Cc1ccc(-c2ccccc2)n1-c1ccc(C(=O)N/N=C/c2cn(Cc3cccc(C(=O)O)c3)c3ccccc23)cc1. The lowest BCUT2D eigenvalue weighted by atomic mass is 10.1. The second kappa shape index (κ2) is 11.4. The quantitative estimate of drug-likeness (QED) is 0.159. The van der Waals surface area contributed by atoms with E-state index in [1.54, 1.807) is 36.5 Å². The van der Waals surface area contributed by atoms with Gasteiger partial charge in [-0.2, -0.15) is 5.10 Å². The van der Waals surface area contributed by atoms with Gasteiger partial charge in [0.25, 0.3) is 5.91 Å². The number of hydrogen-bond donors (Lipinski definition) is 2. The van der Waals surface area contributed by atoms with E-state index in [1.807, 2.05) is 71.4 Å². The minimum absolute atomic E-state index is 0.252. The monoisotopic (exact) mass is 552 g/mol. The molecule has 0 spiro atoms. The van der Waals surface area contributed by atoms with Gasteiger partial charge >= 0.3 is 5.97 Å². The summed E-state index contributed by atoms with van der Waals surface area (Å²) in [6, 6.07) is 36.7. The van der Waals surface area contributed by atoms with E-state index in [-0.39, 0.29) is 11.5 Å². The van der Waals surface area contributed by atoms with Crippen molar-refractivity contribution in [1.29, 1.82) is 0 Å². The van der Waals surface area contributed by atoms with Crippen LogP contribution in [-0.4, -0.2) is 32.3 Å². The maximum atomic E-state index is 12.9. The van der Waals surface area contributed by atoms with Crippen molar-refractivity contribution in [3.63, 3.8) is 0 Å². The molecule has 0 fully saturated rings. The number of nitrogens with zero attached hydrogens (tertiary/aromatic N) is 3. The fourth-order valence-corrected chi connectivity index (χ4v) is 5.21. The number of benzene rings is 4. The summed E-state index contributed by atoms with van der Waals surface area (Å²) in [7, 11) is 0. The average Bonchev–Trinajstić information content (AvgIpc) is 3.58. The van der Waals surface area contributed by atoms with Crippen LogP contribution >= 0.6 is 0 Å². The Labute approximate surface area is 243 Å². The van der Waals surface area contributed by atoms with Crippen molar-refractivity contribution in [2.45, 2.75) is 13.5 Å². The summed E-state index contributed by atoms with van der Waals surface area (Å²) >= 11 is 0. The van der Waals surface area contributed by atoms with E-state index in [9.17, 15) is 14.7 Å². The summed E-state index contributed by atoms with van der Waals surface area (Å²) < 4.78 is 4.22. The Kier molecular flexibility index (Phi) is 7.22. The third-order valence-electron chi connectivity index (χ3n) is 7.25. The number of nitrogens with one attached hydrogen (secondary N) is 1. The number of fused-ring (bicyclic) bond motifs is 1. The fourth-order valence-electron chi connectivity index (χ4n) is 5.21.